The third-order valence-corrected chi connectivity index (χ3v) is 5.01. The van der Waals surface area contributed by atoms with E-state index >= 15 is 0 Å². The van der Waals surface area contributed by atoms with Crippen molar-refractivity contribution in [1.29, 1.82) is 0 Å². The summed E-state index contributed by atoms with van der Waals surface area (Å²) in [5, 5.41) is 0. The Hall–Kier alpha value is -2.07. The van der Waals surface area contributed by atoms with Gasteiger partial charge in [0.15, 0.2) is 0 Å². The average Bonchev–Trinajstić information content (AvgIpc) is 2.89. The lowest BCUT2D eigenvalue weighted by atomic mass is 10.0. The van der Waals surface area contributed by atoms with Crippen LogP contribution in [0.5, 0.6) is 0 Å². The molecule has 0 bridgehead atoms. The molecular formula is C21H28N2O2. The van der Waals surface area contributed by atoms with E-state index in [2.05, 4.69) is 49.6 Å². The quantitative estimate of drug-likeness (QED) is 0.844. The number of aryl methyl sites for hydroxylation is 1. The van der Waals surface area contributed by atoms with Crippen molar-refractivity contribution < 1.29 is 9.53 Å². The minimum absolute atomic E-state index is 0.102. The maximum Gasteiger partial charge on any atom is 0.255 e. The molecule has 2 heterocycles. The molecule has 1 fully saturated rings. The van der Waals surface area contributed by atoms with Gasteiger partial charge in [-0.15, -0.1) is 0 Å². The monoisotopic (exact) mass is 340 g/mol. The maximum atomic E-state index is 13.0. The van der Waals surface area contributed by atoms with Gasteiger partial charge in [0.05, 0.1) is 18.3 Å². The number of hydrogen-bond donors (Lipinski definition) is 0. The van der Waals surface area contributed by atoms with Crippen LogP contribution in [0.3, 0.4) is 0 Å². The molecule has 0 radical (unpaired) electrons. The Morgan fingerprint density at radius 1 is 1.20 bits per heavy atom. The van der Waals surface area contributed by atoms with Crippen molar-refractivity contribution in [3.8, 4) is 5.69 Å². The van der Waals surface area contributed by atoms with E-state index in [-0.39, 0.29) is 12.0 Å². The summed E-state index contributed by atoms with van der Waals surface area (Å²) >= 11 is 0. The average molecular weight is 340 g/mol. The molecule has 1 amide bonds. The van der Waals surface area contributed by atoms with Crippen LogP contribution in [-0.2, 0) is 4.74 Å². The predicted molar refractivity (Wildman–Crippen MR) is 101 cm³/mol. The van der Waals surface area contributed by atoms with Crippen LogP contribution < -0.4 is 0 Å². The molecule has 1 aliphatic rings. The van der Waals surface area contributed by atoms with Crippen LogP contribution in [0.1, 0.15) is 54.0 Å². The first-order valence-electron chi connectivity index (χ1n) is 9.08. The van der Waals surface area contributed by atoms with Crippen LogP contribution in [0.15, 0.2) is 30.3 Å². The second kappa shape index (κ2) is 7.04. The molecule has 1 atom stereocenters. The zero-order valence-corrected chi connectivity index (χ0v) is 15.9. The normalized spacial score (nSPS) is 18.0. The highest BCUT2D eigenvalue weighted by molar-refractivity contribution is 5.96. The van der Waals surface area contributed by atoms with Gasteiger partial charge >= 0.3 is 0 Å². The number of morpholine rings is 1. The van der Waals surface area contributed by atoms with Crippen molar-refractivity contribution >= 4 is 5.91 Å². The van der Waals surface area contributed by atoms with Gasteiger partial charge in [-0.25, -0.2) is 0 Å². The Morgan fingerprint density at radius 2 is 1.88 bits per heavy atom. The Labute approximate surface area is 150 Å². The molecule has 1 unspecified atom stereocenters. The van der Waals surface area contributed by atoms with Gasteiger partial charge in [-0.3, -0.25) is 4.79 Å². The molecule has 4 heteroatoms. The van der Waals surface area contributed by atoms with Crippen molar-refractivity contribution in [1.82, 2.24) is 9.47 Å². The fourth-order valence-electron chi connectivity index (χ4n) is 3.56. The Bertz CT molecular complexity index is 759. The second-order valence-corrected chi connectivity index (χ2v) is 7.30. The van der Waals surface area contributed by atoms with Crippen molar-refractivity contribution in [2.24, 2.45) is 0 Å². The number of ether oxygens (including phenoxy) is 1. The lowest BCUT2D eigenvalue weighted by Crippen LogP contribution is -2.44. The highest BCUT2D eigenvalue weighted by Gasteiger charge is 2.25. The molecule has 0 spiro atoms. The van der Waals surface area contributed by atoms with Crippen molar-refractivity contribution in [3.05, 3.63) is 52.8 Å². The standard InChI is InChI=1S/C21H28N2O2/c1-14(2)18-6-8-19(9-7-18)23-15(3)12-20(17(23)5)21(24)22-10-11-25-16(4)13-22/h6-9,12,14,16H,10-11,13H2,1-5H3. The minimum Gasteiger partial charge on any atom is -0.375 e. The summed E-state index contributed by atoms with van der Waals surface area (Å²) in [6.07, 6.45) is 0.102. The van der Waals surface area contributed by atoms with E-state index in [0.717, 1.165) is 22.6 Å². The van der Waals surface area contributed by atoms with Gasteiger partial charge in [-0.05, 0) is 50.5 Å². The predicted octanol–water partition coefficient (Wildman–Crippen LogP) is 4.08. The summed E-state index contributed by atoms with van der Waals surface area (Å²) in [4.78, 5) is 14.9. The van der Waals surface area contributed by atoms with Gasteiger partial charge in [0.2, 0.25) is 0 Å². The number of amides is 1. The highest BCUT2D eigenvalue weighted by Crippen LogP contribution is 2.24. The van der Waals surface area contributed by atoms with Crippen LogP contribution in [0.4, 0.5) is 0 Å². The topological polar surface area (TPSA) is 34.5 Å². The van der Waals surface area contributed by atoms with E-state index in [0.29, 0.717) is 25.6 Å². The number of nitrogens with zero attached hydrogens (tertiary/aromatic N) is 2. The highest BCUT2D eigenvalue weighted by atomic mass is 16.5. The van der Waals surface area contributed by atoms with Gasteiger partial charge in [0, 0.05) is 30.2 Å². The first-order valence-corrected chi connectivity index (χ1v) is 9.08. The first-order chi connectivity index (χ1) is 11.9. The van der Waals surface area contributed by atoms with Crippen LogP contribution >= 0.6 is 0 Å². The van der Waals surface area contributed by atoms with E-state index in [4.69, 9.17) is 4.74 Å². The first kappa shape index (κ1) is 17.7. The Balaban J connectivity index is 1.91. The number of hydrogen-bond acceptors (Lipinski definition) is 2. The van der Waals surface area contributed by atoms with Gasteiger partial charge in [0.1, 0.15) is 0 Å². The molecule has 2 aromatic rings. The molecule has 0 N–H and O–H groups in total. The molecule has 0 aliphatic carbocycles. The molecular weight excluding hydrogens is 312 g/mol. The fraction of sp³-hybridized carbons (Fsp3) is 0.476. The van der Waals surface area contributed by atoms with Crippen molar-refractivity contribution in [3.63, 3.8) is 0 Å². The lowest BCUT2D eigenvalue weighted by Gasteiger charge is -2.31. The van der Waals surface area contributed by atoms with Gasteiger partial charge < -0.3 is 14.2 Å². The molecule has 134 valence electrons. The van der Waals surface area contributed by atoms with Crippen LogP contribution in [0.25, 0.3) is 5.69 Å². The maximum absolute atomic E-state index is 13.0. The second-order valence-electron chi connectivity index (χ2n) is 7.30. The van der Waals surface area contributed by atoms with Gasteiger partial charge in [0.25, 0.3) is 5.91 Å². The summed E-state index contributed by atoms with van der Waals surface area (Å²) in [5.41, 5.74) is 5.30. The van der Waals surface area contributed by atoms with Gasteiger partial charge in [-0.2, -0.15) is 0 Å². The van der Waals surface area contributed by atoms with Crippen molar-refractivity contribution in [2.45, 2.75) is 46.6 Å². The molecule has 1 aromatic carbocycles. The molecule has 3 rings (SSSR count). The lowest BCUT2D eigenvalue weighted by molar-refractivity contribution is -0.0124. The minimum atomic E-state index is 0.102. The SMILES string of the molecule is Cc1cc(C(=O)N2CCOC(C)C2)c(C)n1-c1ccc(C(C)C)cc1. The molecule has 1 saturated heterocycles. The summed E-state index contributed by atoms with van der Waals surface area (Å²) < 4.78 is 7.72. The number of carbonyl (C=O) groups excluding carboxylic acids is 1. The summed E-state index contributed by atoms with van der Waals surface area (Å²) in [5.74, 6) is 0.620. The van der Waals surface area contributed by atoms with Crippen LogP contribution in [0, 0.1) is 13.8 Å². The number of rotatable bonds is 3. The van der Waals surface area contributed by atoms with Crippen LogP contribution in [-0.4, -0.2) is 41.2 Å². The largest absolute Gasteiger partial charge is 0.375 e. The molecule has 1 aromatic heterocycles. The zero-order chi connectivity index (χ0) is 18.1. The Morgan fingerprint density at radius 3 is 2.48 bits per heavy atom. The van der Waals surface area contributed by atoms with Gasteiger partial charge in [-0.1, -0.05) is 26.0 Å². The van der Waals surface area contributed by atoms with Crippen molar-refractivity contribution in [2.75, 3.05) is 19.7 Å². The number of carbonyl (C=O) groups is 1. The Kier molecular flexibility index (Phi) is 5.00. The van der Waals surface area contributed by atoms with E-state index in [1.165, 1.54) is 5.56 Å². The fourth-order valence-corrected chi connectivity index (χ4v) is 3.56. The molecule has 4 nitrogen and oxygen atoms in total. The van der Waals surface area contributed by atoms with E-state index in [1.54, 1.807) is 0 Å². The summed E-state index contributed by atoms with van der Waals surface area (Å²) in [7, 11) is 0. The molecule has 0 saturated carbocycles. The third-order valence-electron chi connectivity index (χ3n) is 5.01. The van der Waals surface area contributed by atoms with E-state index < -0.39 is 0 Å². The number of aromatic nitrogens is 1. The molecule has 25 heavy (non-hydrogen) atoms. The third kappa shape index (κ3) is 3.49. The smallest absolute Gasteiger partial charge is 0.255 e. The molecule has 1 aliphatic heterocycles. The summed E-state index contributed by atoms with van der Waals surface area (Å²) in [6, 6.07) is 10.6. The van der Waals surface area contributed by atoms with E-state index in [1.807, 2.05) is 24.8 Å². The van der Waals surface area contributed by atoms with Crippen LogP contribution in [0.2, 0.25) is 0 Å². The zero-order valence-electron chi connectivity index (χ0n) is 15.9. The number of benzene rings is 1. The van der Waals surface area contributed by atoms with E-state index in [9.17, 15) is 4.79 Å². The summed E-state index contributed by atoms with van der Waals surface area (Å²) in [6.45, 7) is 12.4.